The van der Waals surface area contributed by atoms with Gasteiger partial charge in [0.2, 0.25) is 0 Å². The van der Waals surface area contributed by atoms with Crippen molar-refractivity contribution in [2.45, 2.75) is 58.3 Å². The summed E-state index contributed by atoms with van der Waals surface area (Å²) >= 11 is 0. The number of rotatable bonds is 11. The van der Waals surface area contributed by atoms with Crippen LogP contribution in [0.1, 0.15) is 58.3 Å². The van der Waals surface area contributed by atoms with Crippen molar-refractivity contribution in [1.29, 1.82) is 0 Å². The molecule has 0 atom stereocenters. The Morgan fingerprint density at radius 1 is 0.875 bits per heavy atom. The molecular formula is C14H30N2. The second kappa shape index (κ2) is 10.1. The Morgan fingerprint density at radius 2 is 1.56 bits per heavy atom. The molecule has 0 heterocycles. The molecule has 96 valence electrons. The standard InChI is InChI=1S/C14H30N2/c1-2-10-15-12-6-13-16-11-4-3-7-14-8-5-9-14/h14-16H,2-13H2,1H3. The summed E-state index contributed by atoms with van der Waals surface area (Å²) in [7, 11) is 0. The molecule has 0 aromatic rings. The monoisotopic (exact) mass is 226 g/mol. The fourth-order valence-corrected chi connectivity index (χ4v) is 2.23. The molecule has 1 rings (SSSR count). The minimum absolute atomic E-state index is 1.10. The lowest BCUT2D eigenvalue weighted by molar-refractivity contribution is 0.287. The predicted octanol–water partition coefficient (Wildman–Crippen LogP) is 2.94. The molecule has 2 nitrogen and oxygen atoms in total. The van der Waals surface area contributed by atoms with Crippen molar-refractivity contribution >= 4 is 0 Å². The van der Waals surface area contributed by atoms with Crippen LogP contribution in [0.3, 0.4) is 0 Å². The highest BCUT2D eigenvalue weighted by atomic mass is 14.9. The van der Waals surface area contributed by atoms with Crippen LogP contribution in [0.2, 0.25) is 0 Å². The van der Waals surface area contributed by atoms with Gasteiger partial charge in [0.15, 0.2) is 0 Å². The van der Waals surface area contributed by atoms with Crippen molar-refractivity contribution in [3.8, 4) is 0 Å². The first-order valence-corrected chi connectivity index (χ1v) is 7.35. The molecule has 1 aliphatic rings. The second-order valence-corrected chi connectivity index (χ2v) is 5.15. The van der Waals surface area contributed by atoms with Crippen LogP contribution in [0.4, 0.5) is 0 Å². The van der Waals surface area contributed by atoms with Gasteiger partial charge in [-0.15, -0.1) is 0 Å². The third kappa shape index (κ3) is 7.24. The summed E-state index contributed by atoms with van der Waals surface area (Å²) < 4.78 is 0. The maximum absolute atomic E-state index is 3.53. The second-order valence-electron chi connectivity index (χ2n) is 5.15. The molecule has 1 aliphatic carbocycles. The minimum Gasteiger partial charge on any atom is -0.317 e. The highest BCUT2D eigenvalue weighted by Gasteiger charge is 2.15. The first kappa shape index (κ1) is 14.0. The molecule has 0 spiro atoms. The molecule has 0 aromatic heterocycles. The molecule has 16 heavy (non-hydrogen) atoms. The molecule has 1 saturated carbocycles. The van der Waals surface area contributed by atoms with Crippen molar-refractivity contribution < 1.29 is 0 Å². The molecule has 0 saturated heterocycles. The van der Waals surface area contributed by atoms with E-state index < -0.39 is 0 Å². The van der Waals surface area contributed by atoms with Crippen LogP contribution >= 0.6 is 0 Å². The van der Waals surface area contributed by atoms with Crippen molar-refractivity contribution in [3.05, 3.63) is 0 Å². The van der Waals surface area contributed by atoms with Gasteiger partial charge in [-0.2, -0.15) is 0 Å². The predicted molar refractivity (Wildman–Crippen MR) is 71.8 cm³/mol. The van der Waals surface area contributed by atoms with E-state index >= 15 is 0 Å². The van der Waals surface area contributed by atoms with E-state index in [-0.39, 0.29) is 0 Å². The largest absolute Gasteiger partial charge is 0.317 e. The van der Waals surface area contributed by atoms with Gasteiger partial charge in [-0.3, -0.25) is 0 Å². The van der Waals surface area contributed by atoms with E-state index in [4.69, 9.17) is 0 Å². The topological polar surface area (TPSA) is 24.1 Å². The van der Waals surface area contributed by atoms with Gasteiger partial charge < -0.3 is 10.6 Å². The zero-order valence-corrected chi connectivity index (χ0v) is 11.1. The summed E-state index contributed by atoms with van der Waals surface area (Å²) in [5, 5.41) is 6.96. The molecule has 2 N–H and O–H groups in total. The molecule has 0 radical (unpaired) electrons. The molecule has 0 aromatic carbocycles. The van der Waals surface area contributed by atoms with Crippen molar-refractivity contribution in [2.24, 2.45) is 5.92 Å². The molecule has 0 aliphatic heterocycles. The van der Waals surface area contributed by atoms with Gasteiger partial charge in [-0.25, -0.2) is 0 Å². The van der Waals surface area contributed by atoms with Crippen molar-refractivity contribution in [2.75, 3.05) is 26.2 Å². The summed E-state index contributed by atoms with van der Waals surface area (Å²) in [5.74, 6) is 1.10. The van der Waals surface area contributed by atoms with Crippen LogP contribution in [0, 0.1) is 5.92 Å². The lowest BCUT2D eigenvalue weighted by Gasteiger charge is -2.24. The first-order chi connectivity index (χ1) is 7.93. The normalized spacial score (nSPS) is 16.3. The van der Waals surface area contributed by atoms with Gasteiger partial charge in [-0.05, 0) is 51.4 Å². The lowest BCUT2D eigenvalue weighted by Crippen LogP contribution is -2.23. The number of hydrogen-bond acceptors (Lipinski definition) is 2. The van der Waals surface area contributed by atoms with E-state index in [2.05, 4.69) is 17.6 Å². The third-order valence-electron chi connectivity index (χ3n) is 3.57. The van der Waals surface area contributed by atoms with E-state index in [9.17, 15) is 0 Å². The van der Waals surface area contributed by atoms with Crippen LogP contribution in [0.5, 0.6) is 0 Å². The van der Waals surface area contributed by atoms with Crippen LogP contribution < -0.4 is 10.6 Å². The van der Waals surface area contributed by atoms with Gasteiger partial charge in [0.25, 0.3) is 0 Å². The maximum atomic E-state index is 3.53. The van der Waals surface area contributed by atoms with E-state index in [1.807, 2.05) is 0 Å². The van der Waals surface area contributed by atoms with E-state index in [0.29, 0.717) is 0 Å². The highest BCUT2D eigenvalue weighted by molar-refractivity contribution is 4.69. The van der Waals surface area contributed by atoms with Gasteiger partial charge >= 0.3 is 0 Å². The SMILES string of the molecule is CCCNCCCNCCCCC1CCC1. The van der Waals surface area contributed by atoms with Gasteiger partial charge in [0.1, 0.15) is 0 Å². The smallest absolute Gasteiger partial charge is 0.00368 e. The van der Waals surface area contributed by atoms with Gasteiger partial charge in [0, 0.05) is 0 Å². The summed E-state index contributed by atoms with van der Waals surface area (Å²) in [6.07, 6.45) is 11.3. The average Bonchev–Trinajstić information content (AvgIpc) is 2.23. The van der Waals surface area contributed by atoms with Gasteiger partial charge in [-0.1, -0.05) is 39.0 Å². The summed E-state index contributed by atoms with van der Waals surface area (Å²) in [5.41, 5.74) is 0. The van der Waals surface area contributed by atoms with Crippen LogP contribution in [0.15, 0.2) is 0 Å². The van der Waals surface area contributed by atoms with Crippen LogP contribution in [-0.4, -0.2) is 26.2 Å². The lowest BCUT2D eigenvalue weighted by atomic mass is 9.82. The fraction of sp³-hybridized carbons (Fsp3) is 1.00. The number of unbranched alkanes of at least 4 members (excludes halogenated alkanes) is 1. The van der Waals surface area contributed by atoms with Gasteiger partial charge in [0.05, 0.1) is 0 Å². The van der Waals surface area contributed by atoms with Crippen LogP contribution in [-0.2, 0) is 0 Å². The Kier molecular flexibility index (Phi) is 8.83. The summed E-state index contributed by atoms with van der Waals surface area (Å²) in [6, 6.07) is 0. The molecule has 0 unspecified atom stereocenters. The Bertz CT molecular complexity index is 144. The molecule has 1 fully saturated rings. The van der Waals surface area contributed by atoms with E-state index in [1.54, 1.807) is 0 Å². The zero-order valence-electron chi connectivity index (χ0n) is 11.1. The summed E-state index contributed by atoms with van der Waals surface area (Å²) in [6.45, 7) is 6.96. The van der Waals surface area contributed by atoms with E-state index in [0.717, 1.165) is 5.92 Å². The van der Waals surface area contributed by atoms with E-state index in [1.165, 1.54) is 77.5 Å². The van der Waals surface area contributed by atoms with Crippen LogP contribution in [0.25, 0.3) is 0 Å². The summed E-state index contributed by atoms with van der Waals surface area (Å²) in [4.78, 5) is 0. The Labute approximate surface area is 102 Å². The number of hydrogen-bond donors (Lipinski definition) is 2. The fourth-order valence-electron chi connectivity index (χ4n) is 2.23. The molecule has 2 heteroatoms. The third-order valence-corrected chi connectivity index (χ3v) is 3.57. The Balaban J connectivity index is 1.65. The number of nitrogens with one attached hydrogen (secondary N) is 2. The zero-order chi connectivity index (χ0) is 11.5. The molecule has 0 amide bonds. The first-order valence-electron chi connectivity index (χ1n) is 7.35. The Hall–Kier alpha value is -0.0800. The maximum Gasteiger partial charge on any atom is -0.00368 e. The van der Waals surface area contributed by atoms with Crippen molar-refractivity contribution in [3.63, 3.8) is 0 Å². The quantitative estimate of drug-likeness (QED) is 0.529. The minimum atomic E-state index is 1.10. The average molecular weight is 226 g/mol. The molecular weight excluding hydrogens is 196 g/mol. The van der Waals surface area contributed by atoms with Crippen molar-refractivity contribution in [1.82, 2.24) is 10.6 Å². The Morgan fingerprint density at radius 3 is 2.19 bits per heavy atom. The highest BCUT2D eigenvalue weighted by Crippen LogP contribution is 2.30. The molecule has 0 bridgehead atoms.